The first kappa shape index (κ1) is 8.37. The fourth-order valence-electron chi connectivity index (χ4n) is 1.44. The maximum absolute atomic E-state index is 9.34. The van der Waals surface area contributed by atoms with Crippen LogP contribution in [0, 0.1) is 0 Å². The lowest BCUT2D eigenvalue weighted by Crippen LogP contribution is -2.38. The number of hydrogen-bond acceptors (Lipinski definition) is 3. The third-order valence-electron chi connectivity index (χ3n) is 1.93. The summed E-state index contributed by atoms with van der Waals surface area (Å²) in [5.74, 6) is 0. The molecule has 0 heterocycles. The molecule has 60 valence electrons. The molecule has 3 unspecified atom stereocenters. The van der Waals surface area contributed by atoms with Crippen molar-refractivity contribution in [2.75, 3.05) is 0 Å². The van der Waals surface area contributed by atoms with Crippen molar-refractivity contribution >= 4 is 12.6 Å². The first-order valence-electron chi connectivity index (χ1n) is 3.82. The molecule has 1 rings (SSSR count). The molecular formula is C7H15NOS. The number of nitrogens with one attached hydrogen (secondary N) is 1. The van der Waals surface area contributed by atoms with Crippen LogP contribution in [-0.2, 0) is 0 Å². The lowest BCUT2D eigenvalue weighted by Gasteiger charge is -2.18. The van der Waals surface area contributed by atoms with E-state index in [9.17, 15) is 5.11 Å². The molecule has 0 aromatic rings. The Bertz CT molecular complexity index is 108. The van der Waals surface area contributed by atoms with E-state index in [1.807, 2.05) is 6.92 Å². The van der Waals surface area contributed by atoms with Gasteiger partial charge in [-0.1, -0.05) is 0 Å². The quantitative estimate of drug-likeness (QED) is 0.413. The van der Waals surface area contributed by atoms with Crippen LogP contribution < -0.4 is 5.32 Å². The van der Waals surface area contributed by atoms with Gasteiger partial charge in [0.05, 0.1) is 6.10 Å². The molecule has 0 aliphatic heterocycles. The molecular weight excluding hydrogens is 146 g/mol. The van der Waals surface area contributed by atoms with Gasteiger partial charge in [0.25, 0.3) is 0 Å². The molecule has 3 heteroatoms. The normalized spacial score (nSPS) is 36.3. The van der Waals surface area contributed by atoms with Crippen LogP contribution in [0.15, 0.2) is 0 Å². The predicted molar refractivity (Wildman–Crippen MR) is 45.2 cm³/mol. The van der Waals surface area contributed by atoms with Gasteiger partial charge in [-0.2, -0.15) is 12.6 Å². The molecule has 1 aliphatic carbocycles. The summed E-state index contributed by atoms with van der Waals surface area (Å²) in [6.45, 7) is 1.98. The minimum atomic E-state index is -0.144. The van der Waals surface area contributed by atoms with Gasteiger partial charge in [0.15, 0.2) is 0 Å². The number of aliphatic hydroxyl groups is 1. The molecule has 0 spiro atoms. The highest BCUT2D eigenvalue weighted by Gasteiger charge is 2.24. The largest absolute Gasteiger partial charge is 0.392 e. The van der Waals surface area contributed by atoms with Crippen LogP contribution in [0.4, 0.5) is 0 Å². The lowest BCUT2D eigenvalue weighted by molar-refractivity contribution is 0.149. The summed E-state index contributed by atoms with van der Waals surface area (Å²) < 4.78 is 0. The van der Waals surface area contributed by atoms with Gasteiger partial charge < -0.3 is 10.4 Å². The Balaban J connectivity index is 2.26. The Morgan fingerprint density at radius 2 is 2.30 bits per heavy atom. The van der Waals surface area contributed by atoms with Crippen molar-refractivity contribution in [3.05, 3.63) is 0 Å². The minimum Gasteiger partial charge on any atom is -0.392 e. The zero-order valence-electron chi connectivity index (χ0n) is 6.25. The zero-order valence-corrected chi connectivity index (χ0v) is 7.14. The second-order valence-electron chi connectivity index (χ2n) is 2.95. The van der Waals surface area contributed by atoms with Gasteiger partial charge in [0.2, 0.25) is 0 Å². The van der Waals surface area contributed by atoms with E-state index in [1.165, 1.54) is 0 Å². The van der Waals surface area contributed by atoms with Gasteiger partial charge in [-0.3, -0.25) is 0 Å². The SMILES string of the molecule is CC(S)NC1CCCC1O. The summed E-state index contributed by atoms with van der Waals surface area (Å²) in [6.07, 6.45) is 3.03. The molecule has 0 aromatic carbocycles. The minimum absolute atomic E-state index is 0.144. The van der Waals surface area contributed by atoms with E-state index in [1.54, 1.807) is 0 Å². The third-order valence-corrected chi connectivity index (χ3v) is 2.08. The average molecular weight is 161 g/mol. The van der Waals surface area contributed by atoms with E-state index < -0.39 is 0 Å². The van der Waals surface area contributed by atoms with Crippen molar-refractivity contribution in [1.29, 1.82) is 0 Å². The van der Waals surface area contributed by atoms with Crippen molar-refractivity contribution < 1.29 is 5.11 Å². The van der Waals surface area contributed by atoms with Crippen LogP contribution in [0.2, 0.25) is 0 Å². The molecule has 1 fully saturated rings. The lowest BCUT2D eigenvalue weighted by atomic mass is 10.2. The van der Waals surface area contributed by atoms with E-state index in [2.05, 4.69) is 17.9 Å². The van der Waals surface area contributed by atoms with Gasteiger partial charge in [-0.15, -0.1) is 0 Å². The molecule has 10 heavy (non-hydrogen) atoms. The average Bonchev–Trinajstić information content (AvgIpc) is 2.15. The molecule has 0 radical (unpaired) electrons. The van der Waals surface area contributed by atoms with Crippen molar-refractivity contribution in [3.8, 4) is 0 Å². The van der Waals surface area contributed by atoms with Gasteiger partial charge in [-0.25, -0.2) is 0 Å². The molecule has 1 saturated carbocycles. The second-order valence-corrected chi connectivity index (χ2v) is 3.72. The summed E-state index contributed by atoms with van der Waals surface area (Å²) in [6, 6.07) is 0.285. The van der Waals surface area contributed by atoms with Crippen molar-refractivity contribution in [3.63, 3.8) is 0 Å². The Kier molecular flexibility index (Phi) is 3.01. The van der Waals surface area contributed by atoms with E-state index >= 15 is 0 Å². The Morgan fingerprint density at radius 3 is 2.70 bits per heavy atom. The zero-order chi connectivity index (χ0) is 7.56. The molecule has 0 saturated heterocycles. The van der Waals surface area contributed by atoms with Crippen LogP contribution in [0.5, 0.6) is 0 Å². The first-order chi connectivity index (χ1) is 4.70. The molecule has 0 amide bonds. The third kappa shape index (κ3) is 2.15. The standard InChI is InChI=1S/C7H15NOS/c1-5(10)8-6-3-2-4-7(6)9/h5-10H,2-4H2,1H3. The highest BCUT2D eigenvalue weighted by Crippen LogP contribution is 2.19. The monoisotopic (exact) mass is 161 g/mol. The van der Waals surface area contributed by atoms with E-state index in [-0.39, 0.29) is 17.5 Å². The summed E-state index contributed by atoms with van der Waals surface area (Å²) in [5, 5.41) is 12.7. The van der Waals surface area contributed by atoms with Gasteiger partial charge in [0.1, 0.15) is 0 Å². The van der Waals surface area contributed by atoms with Gasteiger partial charge >= 0.3 is 0 Å². The van der Waals surface area contributed by atoms with E-state index in [0.29, 0.717) is 0 Å². The molecule has 2 nitrogen and oxygen atoms in total. The molecule has 3 atom stereocenters. The van der Waals surface area contributed by atoms with Crippen molar-refractivity contribution in [2.45, 2.75) is 43.7 Å². The topological polar surface area (TPSA) is 32.3 Å². The number of aliphatic hydroxyl groups excluding tert-OH is 1. The maximum Gasteiger partial charge on any atom is 0.0693 e. The first-order valence-corrected chi connectivity index (χ1v) is 4.34. The molecule has 0 bridgehead atoms. The summed E-state index contributed by atoms with van der Waals surface area (Å²) in [7, 11) is 0. The van der Waals surface area contributed by atoms with E-state index in [0.717, 1.165) is 19.3 Å². The predicted octanol–water partition coefficient (Wildman–Crippen LogP) is 0.765. The Labute approximate surface area is 67.4 Å². The summed E-state index contributed by atoms with van der Waals surface area (Å²) >= 11 is 4.19. The summed E-state index contributed by atoms with van der Waals surface area (Å²) in [5.41, 5.74) is 0. The highest BCUT2D eigenvalue weighted by atomic mass is 32.1. The number of rotatable bonds is 2. The van der Waals surface area contributed by atoms with Crippen LogP contribution in [0.1, 0.15) is 26.2 Å². The Morgan fingerprint density at radius 1 is 1.60 bits per heavy atom. The van der Waals surface area contributed by atoms with Crippen molar-refractivity contribution in [2.24, 2.45) is 0 Å². The van der Waals surface area contributed by atoms with Crippen LogP contribution >= 0.6 is 12.6 Å². The maximum atomic E-state index is 9.34. The molecule has 0 aromatic heterocycles. The van der Waals surface area contributed by atoms with E-state index in [4.69, 9.17) is 0 Å². The van der Waals surface area contributed by atoms with Gasteiger partial charge in [-0.05, 0) is 26.2 Å². The highest BCUT2D eigenvalue weighted by molar-refractivity contribution is 7.80. The van der Waals surface area contributed by atoms with Crippen LogP contribution in [0.25, 0.3) is 0 Å². The fraction of sp³-hybridized carbons (Fsp3) is 1.00. The van der Waals surface area contributed by atoms with Crippen LogP contribution in [0.3, 0.4) is 0 Å². The Hall–Kier alpha value is 0.270. The van der Waals surface area contributed by atoms with Crippen molar-refractivity contribution in [1.82, 2.24) is 5.32 Å². The fourth-order valence-corrected chi connectivity index (χ4v) is 1.64. The molecule has 2 N–H and O–H groups in total. The summed E-state index contributed by atoms with van der Waals surface area (Å²) in [4.78, 5) is 0. The number of thiol groups is 1. The smallest absolute Gasteiger partial charge is 0.0693 e. The second kappa shape index (κ2) is 3.60. The molecule has 1 aliphatic rings. The van der Waals surface area contributed by atoms with Gasteiger partial charge in [0, 0.05) is 11.4 Å². The van der Waals surface area contributed by atoms with Crippen LogP contribution in [-0.4, -0.2) is 22.6 Å². The number of hydrogen-bond donors (Lipinski definition) is 3.